The number of aromatic amines is 1. The van der Waals surface area contributed by atoms with Gasteiger partial charge in [-0.3, -0.25) is 5.10 Å². The summed E-state index contributed by atoms with van der Waals surface area (Å²) in [5.41, 5.74) is 3.64. The predicted octanol–water partition coefficient (Wildman–Crippen LogP) is 3.72. The van der Waals surface area contributed by atoms with E-state index >= 15 is 0 Å². The van der Waals surface area contributed by atoms with E-state index in [-0.39, 0.29) is 0 Å². The molecular weight excluding hydrogens is 294 g/mol. The van der Waals surface area contributed by atoms with Crippen LogP contribution < -0.4 is 0 Å². The minimum atomic E-state index is 0.652. The van der Waals surface area contributed by atoms with Crippen molar-refractivity contribution in [2.45, 2.75) is 57.3 Å². The molecule has 3 aromatic rings. The maximum Gasteiger partial charge on any atom is 0.180 e. The molecule has 22 heavy (non-hydrogen) atoms. The van der Waals surface area contributed by atoms with Gasteiger partial charge >= 0.3 is 0 Å². The largest absolute Gasteiger partial charge is 0.274 e. The number of aryl methyl sites for hydroxylation is 1. The van der Waals surface area contributed by atoms with E-state index in [4.69, 9.17) is 5.10 Å². The monoisotopic (exact) mass is 313 g/mol. The Morgan fingerprint density at radius 2 is 2.05 bits per heavy atom. The summed E-state index contributed by atoms with van der Waals surface area (Å²) in [7, 11) is 0. The number of H-pyrrole nitrogens is 1. The highest BCUT2D eigenvalue weighted by molar-refractivity contribution is 7.17. The zero-order valence-electron chi connectivity index (χ0n) is 12.5. The maximum atomic E-state index is 4.90. The van der Waals surface area contributed by atoms with Crippen LogP contribution in [0.25, 0.3) is 16.3 Å². The molecule has 0 unspecified atom stereocenters. The number of aromatic nitrogens is 5. The summed E-state index contributed by atoms with van der Waals surface area (Å²) in [5, 5.41) is 13.8. The number of hydrogen-bond acceptors (Lipinski definition) is 4. The standard InChI is InChI=1S/C16H19N5S/c1-2-5-10(6-3-1)16-20-21-13(22-16)9-17-15(21)14-11-7-4-8-12(11)18-19-14/h9-10H,1-8H2,(H,18,19). The zero-order valence-corrected chi connectivity index (χ0v) is 13.3. The Balaban J connectivity index is 1.58. The van der Waals surface area contributed by atoms with Crippen LogP contribution in [0.5, 0.6) is 0 Å². The summed E-state index contributed by atoms with van der Waals surface area (Å²) in [5.74, 6) is 1.59. The highest BCUT2D eigenvalue weighted by Gasteiger charge is 2.25. The molecule has 0 radical (unpaired) electrons. The van der Waals surface area contributed by atoms with Crippen molar-refractivity contribution in [1.29, 1.82) is 0 Å². The van der Waals surface area contributed by atoms with E-state index in [1.165, 1.54) is 54.8 Å². The number of rotatable bonds is 2. The van der Waals surface area contributed by atoms with E-state index in [9.17, 15) is 0 Å². The third kappa shape index (κ3) is 1.86. The van der Waals surface area contributed by atoms with Crippen LogP contribution in [0.2, 0.25) is 0 Å². The van der Waals surface area contributed by atoms with E-state index in [0.29, 0.717) is 5.92 Å². The Morgan fingerprint density at radius 1 is 1.14 bits per heavy atom. The van der Waals surface area contributed by atoms with Gasteiger partial charge in [-0.1, -0.05) is 30.6 Å². The van der Waals surface area contributed by atoms with Crippen LogP contribution >= 0.6 is 11.3 Å². The molecule has 0 bridgehead atoms. The van der Waals surface area contributed by atoms with Crippen molar-refractivity contribution in [3.05, 3.63) is 22.5 Å². The van der Waals surface area contributed by atoms with E-state index in [1.54, 1.807) is 0 Å². The Bertz CT molecular complexity index is 821. The molecular formula is C16H19N5S. The number of fused-ring (bicyclic) bond motifs is 2. The first-order valence-electron chi connectivity index (χ1n) is 8.31. The van der Waals surface area contributed by atoms with E-state index in [2.05, 4.69) is 15.2 Å². The molecule has 6 heteroatoms. The number of imidazole rings is 1. The molecule has 0 spiro atoms. The fraction of sp³-hybridized carbons (Fsp3) is 0.562. The van der Waals surface area contributed by atoms with Gasteiger partial charge in [0.05, 0.1) is 11.9 Å². The molecule has 0 atom stereocenters. The van der Waals surface area contributed by atoms with Gasteiger partial charge in [-0.05, 0) is 32.1 Å². The lowest BCUT2D eigenvalue weighted by molar-refractivity contribution is 0.440. The Kier molecular flexibility index (Phi) is 2.86. The van der Waals surface area contributed by atoms with Gasteiger partial charge in [0.2, 0.25) is 0 Å². The fourth-order valence-corrected chi connectivity index (χ4v) is 4.96. The number of nitrogens with zero attached hydrogens (tertiary/aromatic N) is 4. The van der Waals surface area contributed by atoms with Gasteiger partial charge < -0.3 is 0 Å². The Labute approximate surface area is 132 Å². The van der Waals surface area contributed by atoms with Crippen LogP contribution in [-0.4, -0.2) is 24.8 Å². The second-order valence-electron chi connectivity index (χ2n) is 6.48. The SMILES string of the molecule is c1nc(-c2[nH]nc3c2CCC3)n2nc(C3CCCCC3)sc12. The normalized spacial score (nSPS) is 19.1. The first-order chi connectivity index (χ1) is 10.9. The third-order valence-electron chi connectivity index (χ3n) is 5.09. The summed E-state index contributed by atoms with van der Waals surface area (Å²) in [6.45, 7) is 0. The summed E-state index contributed by atoms with van der Waals surface area (Å²) >= 11 is 1.81. The summed E-state index contributed by atoms with van der Waals surface area (Å²) < 4.78 is 2.03. The lowest BCUT2D eigenvalue weighted by Gasteiger charge is -2.18. The molecule has 2 aliphatic carbocycles. The van der Waals surface area contributed by atoms with Gasteiger partial charge in [0, 0.05) is 11.5 Å². The second kappa shape index (κ2) is 4.91. The first-order valence-corrected chi connectivity index (χ1v) is 9.13. The Morgan fingerprint density at radius 3 is 2.95 bits per heavy atom. The van der Waals surface area contributed by atoms with Crippen molar-refractivity contribution in [3.63, 3.8) is 0 Å². The summed E-state index contributed by atoms with van der Waals surface area (Å²) in [6, 6.07) is 0. The van der Waals surface area contributed by atoms with Gasteiger partial charge in [-0.2, -0.15) is 10.2 Å². The topological polar surface area (TPSA) is 58.9 Å². The highest BCUT2D eigenvalue weighted by Crippen LogP contribution is 2.36. The second-order valence-corrected chi connectivity index (χ2v) is 7.53. The average Bonchev–Trinajstić information content (AvgIpc) is 3.28. The molecule has 3 heterocycles. The lowest BCUT2D eigenvalue weighted by Crippen LogP contribution is -2.05. The molecule has 5 rings (SSSR count). The van der Waals surface area contributed by atoms with Crippen LogP contribution in [0.15, 0.2) is 6.20 Å². The number of nitrogens with one attached hydrogen (secondary N) is 1. The molecule has 0 aromatic carbocycles. The lowest BCUT2D eigenvalue weighted by atomic mass is 9.90. The van der Waals surface area contributed by atoms with Gasteiger partial charge in [-0.15, -0.1) is 0 Å². The molecule has 1 N–H and O–H groups in total. The van der Waals surface area contributed by atoms with Crippen molar-refractivity contribution in [2.75, 3.05) is 0 Å². The van der Waals surface area contributed by atoms with Crippen LogP contribution in [0.3, 0.4) is 0 Å². The molecule has 1 fully saturated rings. The van der Waals surface area contributed by atoms with Crippen molar-refractivity contribution < 1.29 is 0 Å². The molecule has 0 aliphatic heterocycles. The summed E-state index contributed by atoms with van der Waals surface area (Å²) in [6.07, 6.45) is 12.0. The molecule has 114 valence electrons. The predicted molar refractivity (Wildman–Crippen MR) is 86.3 cm³/mol. The molecule has 5 nitrogen and oxygen atoms in total. The van der Waals surface area contributed by atoms with Gasteiger partial charge in [0.1, 0.15) is 15.5 Å². The van der Waals surface area contributed by atoms with Crippen molar-refractivity contribution in [1.82, 2.24) is 24.8 Å². The molecule has 1 saturated carbocycles. The first kappa shape index (κ1) is 12.8. The van der Waals surface area contributed by atoms with Crippen LogP contribution in [0.4, 0.5) is 0 Å². The van der Waals surface area contributed by atoms with Crippen LogP contribution in [-0.2, 0) is 12.8 Å². The number of hydrogen-bond donors (Lipinski definition) is 1. The molecule has 0 saturated heterocycles. The quantitative estimate of drug-likeness (QED) is 0.784. The van der Waals surface area contributed by atoms with E-state index in [0.717, 1.165) is 29.2 Å². The van der Waals surface area contributed by atoms with Gasteiger partial charge in [0.25, 0.3) is 0 Å². The molecule has 3 aromatic heterocycles. The van der Waals surface area contributed by atoms with Crippen molar-refractivity contribution >= 4 is 16.2 Å². The molecule has 2 aliphatic rings. The fourth-order valence-electron chi connectivity index (χ4n) is 3.90. The average molecular weight is 313 g/mol. The zero-order chi connectivity index (χ0) is 14.5. The van der Waals surface area contributed by atoms with Crippen molar-refractivity contribution in [3.8, 4) is 11.5 Å². The highest BCUT2D eigenvalue weighted by atomic mass is 32.1. The minimum Gasteiger partial charge on any atom is -0.274 e. The van der Waals surface area contributed by atoms with Gasteiger partial charge in [-0.25, -0.2) is 9.50 Å². The van der Waals surface area contributed by atoms with Gasteiger partial charge in [0.15, 0.2) is 5.82 Å². The van der Waals surface area contributed by atoms with Crippen LogP contribution in [0.1, 0.15) is 60.7 Å². The smallest absolute Gasteiger partial charge is 0.180 e. The Hall–Kier alpha value is -1.69. The minimum absolute atomic E-state index is 0.652. The summed E-state index contributed by atoms with van der Waals surface area (Å²) in [4.78, 5) is 5.75. The van der Waals surface area contributed by atoms with E-state index < -0.39 is 0 Å². The van der Waals surface area contributed by atoms with E-state index in [1.807, 2.05) is 22.0 Å². The van der Waals surface area contributed by atoms with Crippen molar-refractivity contribution in [2.24, 2.45) is 0 Å². The maximum absolute atomic E-state index is 4.90. The van der Waals surface area contributed by atoms with Crippen LogP contribution in [0, 0.1) is 0 Å². The molecule has 0 amide bonds. The third-order valence-corrected chi connectivity index (χ3v) is 6.20.